The highest BCUT2D eigenvalue weighted by atomic mass is 79.9. The highest BCUT2D eigenvalue weighted by Gasteiger charge is 2.27. The minimum Gasteiger partial charge on any atom is -0.335 e. The van der Waals surface area contributed by atoms with E-state index < -0.39 is 0 Å². The van der Waals surface area contributed by atoms with Crippen molar-refractivity contribution in [1.82, 2.24) is 4.90 Å². The molecule has 0 atom stereocenters. The highest BCUT2D eigenvalue weighted by Crippen LogP contribution is 2.26. The second kappa shape index (κ2) is 6.84. The molecule has 1 aliphatic rings. The molecule has 5 heteroatoms. The molecule has 0 aromatic heterocycles. The highest BCUT2D eigenvalue weighted by molar-refractivity contribution is 9.10. The van der Waals surface area contributed by atoms with Crippen LogP contribution in [0.4, 0.5) is 4.39 Å². The number of nitrogens with zero attached hydrogens (tertiary/aromatic N) is 1. The van der Waals surface area contributed by atoms with Crippen LogP contribution in [0.1, 0.15) is 36.0 Å². The summed E-state index contributed by atoms with van der Waals surface area (Å²) in [6.07, 6.45) is 4.51. The van der Waals surface area contributed by atoms with Crippen molar-refractivity contribution < 1.29 is 9.18 Å². The molecule has 0 N–H and O–H groups in total. The van der Waals surface area contributed by atoms with Gasteiger partial charge >= 0.3 is 0 Å². The molecule has 2 rings (SSSR count). The van der Waals surface area contributed by atoms with Crippen molar-refractivity contribution in [3.8, 4) is 0 Å². The van der Waals surface area contributed by atoms with Crippen LogP contribution < -0.4 is 0 Å². The Kier molecular flexibility index (Phi) is 5.39. The average Bonchev–Trinajstić information content (AvgIpc) is 2.92. The van der Waals surface area contributed by atoms with Crippen LogP contribution in [0.15, 0.2) is 22.7 Å². The molecule has 0 spiro atoms. The number of carbonyl (C=O) groups excluding carboxylic acids is 1. The summed E-state index contributed by atoms with van der Waals surface area (Å²) in [5.74, 6) is -0.350. The van der Waals surface area contributed by atoms with Crippen molar-refractivity contribution >= 4 is 37.8 Å². The Morgan fingerprint density at radius 1 is 1.37 bits per heavy atom. The third-order valence-electron chi connectivity index (χ3n) is 3.52. The number of rotatable bonds is 4. The molecule has 0 heterocycles. The van der Waals surface area contributed by atoms with E-state index in [0.717, 1.165) is 18.2 Å². The number of halogens is 3. The second-order valence-corrected chi connectivity index (χ2v) is 6.40. The Hall–Kier alpha value is -0.420. The van der Waals surface area contributed by atoms with Crippen LogP contribution in [0.3, 0.4) is 0 Å². The molecule has 19 heavy (non-hydrogen) atoms. The first-order valence-electron chi connectivity index (χ1n) is 6.45. The molecule has 0 radical (unpaired) electrons. The van der Waals surface area contributed by atoms with E-state index in [2.05, 4.69) is 31.9 Å². The maximum absolute atomic E-state index is 13.2. The minimum absolute atomic E-state index is 0.00736. The average molecular weight is 393 g/mol. The van der Waals surface area contributed by atoms with Gasteiger partial charge in [0.15, 0.2) is 0 Å². The molecule has 0 aliphatic heterocycles. The van der Waals surface area contributed by atoms with E-state index in [1.165, 1.54) is 18.9 Å². The van der Waals surface area contributed by atoms with Gasteiger partial charge in [0.05, 0.1) is 4.47 Å². The number of benzene rings is 1. The molecule has 1 aromatic carbocycles. The van der Waals surface area contributed by atoms with Crippen molar-refractivity contribution in [2.75, 3.05) is 11.9 Å². The number of alkyl halides is 1. The fourth-order valence-corrected chi connectivity index (χ4v) is 3.31. The smallest absolute Gasteiger partial charge is 0.254 e. The zero-order valence-electron chi connectivity index (χ0n) is 10.5. The second-order valence-electron chi connectivity index (χ2n) is 4.75. The van der Waals surface area contributed by atoms with E-state index in [0.29, 0.717) is 22.6 Å². The van der Waals surface area contributed by atoms with E-state index >= 15 is 0 Å². The van der Waals surface area contributed by atoms with E-state index in [-0.39, 0.29) is 11.7 Å². The van der Waals surface area contributed by atoms with E-state index in [9.17, 15) is 9.18 Å². The third kappa shape index (κ3) is 3.57. The van der Waals surface area contributed by atoms with Gasteiger partial charge in [-0.15, -0.1) is 0 Å². The van der Waals surface area contributed by atoms with Gasteiger partial charge in [-0.1, -0.05) is 28.8 Å². The maximum atomic E-state index is 13.2. The molecule has 2 nitrogen and oxygen atoms in total. The Bertz CT molecular complexity index is 461. The van der Waals surface area contributed by atoms with Crippen LogP contribution in [-0.2, 0) is 0 Å². The van der Waals surface area contributed by atoms with Gasteiger partial charge in [0.25, 0.3) is 5.91 Å². The van der Waals surface area contributed by atoms with Crippen LogP contribution in [0.2, 0.25) is 0 Å². The van der Waals surface area contributed by atoms with Gasteiger partial charge in [0.1, 0.15) is 5.82 Å². The molecule has 0 unspecified atom stereocenters. The van der Waals surface area contributed by atoms with Crippen molar-refractivity contribution in [2.45, 2.75) is 31.7 Å². The molecule has 1 amide bonds. The molecule has 1 aliphatic carbocycles. The lowest BCUT2D eigenvalue weighted by Gasteiger charge is -2.28. The van der Waals surface area contributed by atoms with Crippen molar-refractivity contribution in [3.05, 3.63) is 34.1 Å². The van der Waals surface area contributed by atoms with E-state index in [1.54, 1.807) is 12.1 Å². The van der Waals surface area contributed by atoms with Crippen molar-refractivity contribution in [3.63, 3.8) is 0 Å². The Labute approximate surface area is 129 Å². The molecular formula is C14H16Br2FNO. The number of carbonyl (C=O) groups is 1. The topological polar surface area (TPSA) is 20.3 Å². The lowest BCUT2D eigenvalue weighted by molar-refractivity contribution is 0.0696. The summed E-state index contributed by atoms with van der Waals surface area (Å²) in [7, 11) is 0. The first-order valence-corrected chi connectivity index (χ1v) is 8.37. The fourth-order valence-electron chi connectivity index (χ4n) is 2.55. The molecule has 104 valence electrons. The van der Waals surface area contributed by atoms with Gasteiger partial charge in [0, 0.05) is 23.5 Å². The zero-order valence-corrected chi connectivity index (χ0v) is 13.7. The molecular weight excluding hydrogens is 377 g/mol. The summed E-state index contributed by atoms with van der Waals surface area (Å²) in [5.41, 5.74) is 0.543. The molecule has 0 saturated heterocycles. The first kappa shape index (κ1) is 15.0. The summed E-state index contributed by atoms with van der Waals surface area (Å²) in [6.45, 7) is 0.693. The largest absolute Gasteiger partial charge is 0.335 e. The quantitative estimate of drug-likeness (QED) is 0.696. The predicted molar refractivity (Wildman–Crippen MR) is 81.2 cm³/mol. The van der Waals surface area contributed by atoms with Gasteiger partial charge in [-0.05, 0) is 47.0 Å². The minimum atomic E-state index is -0.343. The number of amides is 1. The normalized spacial score (nSPS) is 15.7. The molecule has 0 bridgehead atoms. The van der Waals surface area contributed by atoms with Gasteiger partial charge < -0.3 is 4.90 Å². The van der Waals surface area contributed by atoms with Gasteiger partial charge in [0.2, 0.25) is 0 Å². The molecule has 1 saturated carbocycles. The lowest BCUT2D eigenvalue weighted by Crippen LogP contribution is -2.40. The lowest BCUT2D eigenvalue weighted by atomic mass is 10.1. The monoisotopic (exact) mass is 391 g/mol. The van der Waals surface area contributed by atoms with Crippen LogP contribution in [0, 0.1) is 5.82 Å². The van der Waals surface area contributed by atoms with Crippen LogP contribution >= 0.6 is 31.9 Å². The van der Waals surface area contributed by atoms with Crippen LogP contribution in [0.25, 0.3) is 0 Å². The number of hydrogen-bond donors (Lipinski definition) is 0. The summed E-state index contributed by atoms with van der Waals surface area (Å²) >= 11 is 6.53. The third-order valence-corrected chi connectivity index (χ3v) is 4.48. The predicted octanol–water partition coefficient (Wildman–Crippen LogP) is 4.37. The summed E-state index contributed by atoms with van der Waals surface area (Å²) in [4.78, 5) is 14.5. The SMILES string of the molecule is O=C(c1ccc(F)c(Br)c1)N(CCBr)C1CCCC1. The van der Waals surface area contributed by atoms with Crippen LogP contribution in [0.5, 0.6) is 0 Å². The van der Waals surface area contributed by atoms with Crippen molar-refractivity contribution in [1.29, 1.82) is 0 Å². The first-order chi connectivity index (χ1) is 9.13. The van der Waals surface area contributed by atoms with Gasteiger partial charge in [-0.25, -0.2) is 4.39 Å². The van der Waals surface area contributed by atoms with Crippen molar-refractivity contribution in [2.24, 2.45) is 0 Å². The Morgan fingerprint density at radius 3 is 2.63 bits per heavy atom. The number of hydrogen-bond acceptors (Lipinski definition) is 1. The molecule has 1 fully saturated rings. The van der Waals surface area contributed by atoms with E-state index in [1.807, 2.05) is 4.90 Å². The Balaban J connectivity index is 2.20. The zero-order chi connectivity index (χ0) is 13.8. The van der Waals surface area contributed by atoms with E-state index in [4.69, 9.17) is 0 Å². The summed E-state index contributed by atoms with van der Waals surface area (Å²) < 4.78 is 13.6. The fraction of sp³-hybridized carbons (Fsp3) is 0.500. The standard InChI is InChI=1S/C14H16Br2FNO/c15-7-8-18(11-3-1-2-4-11)14(19)10-5-6-13(17)12(16)9-10/h5-6,9,11H,1-4,7-8H2. The van der Waals surface area contributed by atoms with Gasteiger partial charge in [-0.2, -0.15) is 0 Å². The molecule has 1 aromatic rings. The van der Waals surface area contributed by atoms with Gasteiger partial charge in [-0.3, -0.25) is 4.79 Å². The van der Waals surface area contributed by atoms with Crippen LogP contribution in [-0.4, -0.2) is 28.7 Å². The summed E-state index contributed by atoms with van der Waals surface area (Å²) in [5, 5.41) is 0.762. The summed E-state index contributed by atoms with van der Waals surface area (Å²) in [6, 6.07) is 4.78. The maximum Gasteiger partial charge on any atom is 0.254 e. The Morgan fingerprint density at radius 2 is 2.05 bits per heavy atom.